The number of anilines is 2. The van der Waals surface area contributed by atoms with Gasteiger partial charge in [-0.2, -0.15) is 8.78 Å². The van der Waals surface area contributed by atoms with Gasteiger partial charge < -0.3 is 20.7 Å². The van der Waals surface area contributed by atoms with Gasteiger partial charge >= 0.3 is 6.61 Å². The van der Waals surface area contributed by atoms with Crippen LogP contribution in [0.15, 0.2) is 12.1 Å². The number of nitrogens with one attached hydrogen (secondary N) is 1. The molecule has 1 aliphatic heterocycles. The number of nitrogens with two attached hydrogens (primary N) is 1. The standard InChI is InChI=1S/C12H14F3N3O2/c1-18-3-2-8(11(18)19)17-9-5-10(20-12(14)15)6(13)4-7(9)16/h4-5,8,12,17H,2-3,16H2,1H3. The Morgan fingerprint density at radius 1 is 1.50 bits per heavy atom. The highest BCUT2D eigenvalue weighted by Gasteiger charge is 2.29. The summed E-state index contributed by atoms with van der Waals surface area (Å²) in [5.74, 6) is -1.73. The predicted molar refractivity (Wildman–Crippen MR) is 67.1 cm³/mol. The molecule has 110 valence electrons. The molecule has 0 aliphatic carbocycles. The molecule has 1 saturated heterocycles. The summed E-state index contributed by atoms with van der Waals surface area (Å²) in [6, 6.07) is 1.40. The fourth-order valence-corrected chi connectivity index (χ4v) is 2.02. The normalized spacial score (nSPS) is 18.8. The number of likely N-dealkylation sites (tertiary alicyclic amines) is 1. The number of hydrogen-bond donors (Lipinski definition) is 2. The van der Waals surface area contributed by atoms with Crippen LogP contribution in [-0.2, 0) is 4.79 Å². The number of ether oxygens (including phenoxy) is 1. The molecule has 0 radical (unpaired) electrons. The third kappa shape index (κ3) is 2.89. The molecule has 0 bridgehead atoms. The number of alkyl halides is 2. The van der Waals surface area contributed by atoms with Crippen molar-refractivity contribution in [3.8, 4) is 5.75 Å². The zero-order chi connectivity index (χ0) is 14.9. The number of rotatable bonds is 4. The van der Waals surface area contributed by atoms with Gasteiger partial charge in [-0.3, -0.25) is 4.79 Å². The summed E-state index contributed by atoms with van der Waals surface area (Å²) in [6.45, 7) is -2.56. The van der Waals surface area contributed by atoms with Crippen LogP contribution in [0.1, 0.15) is 6.42 Å². The molecule has 8 heteroatoms. The fourth-order valence-electron chi connectivity index (χ4n) is 2.02. The second-order valence-corrected chi connectivity index (χ2v) is 4.49. The highest BCUT2D eigenvalue weighted by atomic mass is 19.3. The SMILES string of the molecule is CN1CCC(Nc2cc(OC(F)F)c(F)cc2N)C1=O. The highest BCUT2D eigenvalue weighted by molar-refractivity contribution is 5.87. The lowest BCUT2D eigenvalue weighted by atomic mass is 10.2. The molecular formula is C12H14F3N3O2. The number of nitrogens with zero attached hydrogens (tertiary/aromatic N) is 1. The van der Waals surface area contributed by atoms with Gasteiger partial charge in [0.05, 0.1) is 11.4 Å². The highest BCUT2D eigenvalue weighted by Crippen LogP contribution is 2.30. The molecule has 1 aromatic rings. The molecule has 0 spiro atoms. The van der Waals surface area contributed by atoms with Gasteiger partial charge in [-0.25, -0.2) is 4.39 Å². The van der Waals surface area contributed by atoms with Crippen LogP contribution in [0.4, 0.5) is 24.5 Å². The van der Waals surface area contributed by atoms with E-state index in [9.17, 15) is 18.0 Å². The first-order valence-electron chi connectivity index (χ1n) is 5.94. The first kappa shape index (κ1) is 14.3. The Kier molecular flexibility index (Phi) is 3.91. The summed E-state index contributed by atoms with van der Waals surface area (Å²) in [7, 11) is 1.66. The maximum atomic E-state index is 13.4. The molecule has 1 unspecified atom stereocenters. The minimum absolute atomic E-state index is 0.0199. The molecule has 1 atom stereocenters. The fraction of sp³-hybridized carbons (Fsp3) is 0.417. The van der Waals surface area contributed by atoms with Crippen LogP contribution in [0, 0.1) is 5.82 Å². The Morgan fingerprint density at radius 2 is 2.20 bits per heavy atom. The molecule has 1 aromatic carbocycles. The van der Waals surface area contributed by atoms with E-state index in [1.165, 1.54) is 4.90 Å². The topological polar surface area (TPSA) is 67.6 Å². The van der Waals surface area contributed by atoms with Crippen LogP contribution in [0.25, 0.3) is 0 Å². The van der Waals surface area contributed by atoms with Gasteiger partial charge in [-0.1, -0.05) is 0 Å². The Bertz CT molecular complexity index is 525. The van der Waals surface area contributed by atoms with E-state index in [1.54, 1.807) is 7.05 Å². The average molecular weight is 289 g/mol. The first-order valence-corrected chi connectivity index (χ1v) is 5.94. The van der Waals surface area contributed by atoms with E-state index in [-0.39, 0.29) is 17.3 Å². The van der Waals surface area contributed by atoms with E-state index in [0.29, 0.717) is 13.0 Å². The summed E-state index contributed by atoms with van der Waals surface area (Å²) < 4.78 is 41.8. The van der Waals surface area contributed by atoms with Crippen LogP contribution < -0.4 is 15.8 Å². The van der Waals surface area contributed by atoms with Gasteiger partial charge in [0.2, 0.25) is 5.91 Å². The lowest BCUT2D eigenvalue weighted by Gasteiger charge is -2.16. The molecule has 5 nitrogen and oxygen atoms in total. The Balaban J connectivity index is 2.21. The lowest BCUT2D eigenvalue weighted by molar-refractivity contribution is -0.127. The van der Waals surface area contributed by atoms with Gasteiger partial charge in [0, 0.05) is 25.7 Å². The van der Waals surface area contributed by atoms with E-state index in [4.69, 9.17) is 5.73 Å². The first-order chi connectivity index (χ1) is 9.38. The number of benzene rings is 1. The maximum Gasteiger partial charge on any atom is 0.387 e. The number of carbonyl (C=O) groups excluding carboxylic acids is 1. The zero-order valence-corrected chi connectivity index (χ0v) is 10.7. The minimum atomic E-state index is -3.14. The molecule has 1 aliphatic rings. The van der Waals surface area contributed by atoms with Crippen molar-refractivity contribution in [2.45, 2.75) is 19.1 Å². The number of halogens is 3. The smallest absolute Gasteiger partial charge is 0.387 e. The summed E-state index contributed by atoms with van der Waals surface area (Å²) >= 11 is 0. The molecule has 0 saturated carbocycles. The van der Waals surface area contributed by atoms with E-state index < -0.39 is 24.2 Å². The van der Waals surface area contributed by atoms with E-state index in [2.05, 4.69) is 10.1 Å². The predicted octanol–water partition coefficient (Wildman–Crippen LogP) is 1.65. The number of likely N-dealkylation sites (N-methyl/N-ethyl adjacent to an activating group) is 1. The van der Waals surface area contributed by atoms with Crippen molar-refractivity contribution in [1.82, 2.24) is 4.90 Å². The average Bonchev–Trinajstić information content (AvgIpc) is 2.66. The summed E-state index contributed by atoms with van der Waals surface area (Å²) in [5.41, 5.74) is 5.82. The molecule has 1 amide bonds. The van der Waals surface area contributed by atoms with Crippen LogP contribution in [0.3, 0.4) is 0 Å². The molecule has 2 rings (SSSR count). The minimum Gasteiger partial charge on any atom is -0.432 e. The van der Waals surface area contributed by atoms with Crippen molar-refractivity contribution in [1.29, 1.82) is 0 Å². The molecule has 0 aromatic heterocycles. The molecule has 1 heterocycles. The number of amides is 1. The van der Waals surface area contributed by atoms with Gasteiger partial charge in [-0.15, -0.1) is 0 Å². The van der Waals surface area contributed by atoms with E-state index in [0.717, 1.165) is 12.1 Å². The summed E-state index contributed by atoms with van der Waals surface area (Å²) in [5, 5.41) is 2.82. The van der Waals surface area contributed by atoms with Crippen LogP contribution in [0.5, 0.6) is 5.75 Å². The second-order valence-electron chi connectivity index (χ2n) is 4.49. The Hall–Kier alpha value is -2.12. The van der Waals surface area contributed by atoms with Crippen LogP contribution in [0.2, 0.25) is 0 Å². The van der Waals surface area contributed by atoms with Crippen LogP contribution >= 0.6 is 0 Å². The Labute approximate surface area is 113 Å². The van der Waals surface area contributed by atoms with Crippen molar-refractivity contribution in [2.24, 2.45) is 0 Å². The monoisotopic (exact) mass is 289 g/mol. The van der Waals surface area contributed by atoms with Gasteiger partial charge in [0.1, 0.15) is 6.04 Å². The number of carbonyl (C=O) groups is 1. The summed E-state index contributed by atoms with van der Waals surface area (Å²) in [4.78, 5) is 13.3. The lowest BCUT2D eigenvalue weighted by Crippen LogP contribution is -2.31. The molecule has 20 heavy (non-hydrogen) atoms. The number of nitrogen functional groups attached to an aromatic ring is 1. The van der Waals surface area contributed by atoms with E-state index >= 15 is 0 Å². The van der Waals surface area contributed by atoms with Crippen molar-refractivity contribution < 1.29 is 22.7 Å². The Morgan fingerprint density at radius 3 is 2.75 bits per heavy atom. The van der Waals surface area contributed by atoms with Crippen molar-refractivity contribution in [3.63, 3.8) is 0 Å². The number of hydrogen-bond acceptors (Lipinski definition) is 4. The zero-order valence-electron chi connectivity index (χ0n) is 10.7. The third-order valence-electron chi connectivity index (χ3n) is 3.08. The van der Waals surface area contributed by atoms with E-state index in [1.807, 2.05) is 0 Å². The van der Waals surface area contributed by atoms with Crippen LogP contribution in [-0.4, -0.2) is 37.1 Å². The van der Waals surface area contributed by atoms with Gasteiger partial charge in [-0.05, 0) is 6.42 Å². The van der Waals surface area contributed by atoms with Crippen molar-refractivity contribution in [2.75, 3.05) is 24.6 Å². The largest absolute Gasteiger partial charge is 0.432 e. The van der Waals surface area contributed by atoms with Crippen molar-refractivity contribution in [3.05, 3.63) is 17.9 Å². The quantitative estimate of drug-likeness (QED) is 0.827. The molecular weight excluding hydrogens is 275 g/mol. The van der Waals surface area contributed by atoms with Crippen molar-refractivity contribution >= 4 is 17.3 Å². The van der Waals surface area contributed by atoms with Gasteiger partial charge in [0.25, 0.3) is 0 Å². The summed E-state index contributed by atoms with van der Waals surface area (Å²) in [6.07, 6.45) is 0.553. The second kappa shape index (κ2) is 5.48. The molecule has 3 N–H and O–H groups in total. The molecule has 1 fully saturated rings. The third-order valence-corrected chi connectivity index (χ3v) is 3.08. The van der Waals surface area contributed by atoms with Gasteiger partial charge in [0.15, 0.2) is 11.6 Å². The maximum absolute atomic E-state index is 13.4.